The zero-order valence-corrected chi connectivity index (χ0v) is 17.1. The summed E-state index contributed by atoms with van der Waals surface area (Å²) >= 11 is 6.84. The van der Waals surface area contributed by atoms with Gasteiger partial charge in [-0.1, -0.05) is 18.5 Å². The van der Waals surface area contributed by atoms with Crippen LogP contribution in [0.25, 0.3) is 0 Å². The predicted molar refractivity (Wildman–Crippen MR) is 104 cm³/mol. The average molecular weight is 413 g/mol. The minimum atomic E-state index is -0.569. The maximum Gasteiger partial charge on any atom is 0.341 e. The van der Waals surface area contributed by atoms with E-state index in [0.29, 0.717) is 21.9 Å². The predicted octanol–water partition coefficient (Wildman–Crippen LogP) is 2.81. The molecule has 1 N–H and O–H groups in total. The van der Waals surface area contributed by atoms with Crippen LogP contribution in [0.5, 0.6) is 0 Å². The molecule has 0 fully saturated rings. The molecule has 2 heterocycles. The van der Waals surface area contributed by atoms with E-state index in [0.717, 1.165) is 11.3 Å². The van der Waals surface area contributed by atoms with E-state index in [4.69, 9.17) is 16.3 Å². The fourth-order valence-electron chi connectivity index (χ4n) is 2.26. The Morgan fingerprint density at radius 2 is 2.07 bits per heavy atom. The number of anilines is 1. The second-order valence-electron chi connectivity index (χ2n) is 6.00. The maximum atomic E-state index is 12.5. The third kappa shape index (κ3) is 5.08. The lowest BCUT2D eigenvalue weighted by Gasteiger charge is -2.09. The highest BCUT2D eigenvalue weighted by Gasteiger charge is 2.27. The lowest BCUT2D eigenvalue weighted by atomic mass is 10.1. The third-order valence-corrected chi connectivity index (χ3v) is 4.94. The van der Waals surface area contributed by atoms with Crippen molar-refractivity contribution in [3.8, 4) is 0 Å². The number of rotatable bonds is 7. The molecule has 0 aliphatic rings. The lowest BCUT2D eigenvalue weighted by Crippen LogP contribution is -2.21. The van der Waals surface area contributed by atoms with Gasteiger partial charge in [-0.05, 0) is 18.9 Å². The molecule has 0 spiro atoms. The molecular weight excluding hydrogens is 392 g/mol. The molecular formula is C17H21ClN4O4S. The van der Waals surface area contributed by atoms with Crippen LogP contribution in [0, 0.1) is 6.92 Å². The summed E-state index contributed by atoms with van der Waals surface area (Å²) in [6.07, 6.45) is 3.60. The number of thiophene rings is 1. The number of halogens is 1. The smallest absolute Gasteiger partial charge is 0.341 e. The molecule has 0 bridgehead atoms. The molecule has 0 atom stereocenters. The molecule has 2 aromatic rings. The van der Waals surface area contributed by atoms with Crippen LogP contribution < -0.4 is 5.32 Å². The van der Waals surface area contributed by atoms with E-state index >= 15 is 0 Å². The molecule has 10 heteroatoms. The molecule has 2 aromatic heterocycles. The highest BCUT2D eigenvalue weighted by Crippen LogP contribution is 2.34. The lowest BCUT2D eigenvalue weighted by molar-refractivity contribution is -0.116. The zero-order chi connectivity index (χ0) is 20.1. The number of hydrogen-bond acceptors (Lipinski definition) is 6. The Bertz CT molecular complexity index is 859. The number of nitrogens with zero attached hydrogens (tertiary/aromatic N) is 3. The van der Waals surface area contributed by atoms with Gasteiger partial charge >= 0.3 is 5.97 Å². The van der Waals surface area contributed by atoms with Gasteiger partial charge in [0.1, 0.15) is 11.5 Å². The summed E-state index contributed by atoms with van der Waals surface area (Å²) in [5.74, 6) is -1.22. The normalized spacial score (nSPS) is 10.6. The summed E-state index contributed by atoms with van der Waals surface area (Å²) in [5.41, 5.74) is 0.683. The van der Waals surface area contributed by atoms with Gasteiger partial charge in [0.15, 0.2) is 0 Å². The first-order valence-corrected chi connectivity index (χ1v) is 9.44. The van der Waals surface area contributed by atoms with E-state index < -0.39 is 11.9 Å². The van der Waals surface area contributed by atoms with Gasteiger partial charge in [-0.25, -0.2) is 4.79 Å². The van der Waals surface area contributed by atoms with Crippen molar-refractivity contribution in [2.75, 3.05) is 26.0 Å². The molecule has 146 valence electrons. The van der Waals surface area contributed by atoms with Crippen LogP contribution in [-0.2, 0) is 16.1 Å². The van der Waals surface area contributed by atoms with Crippen LogP contribution in [0.1, 0.15) is 38.9 Å². The van der Waals surface area contributed by atoms with Crippen molar-refractivity contribution in [2.45, 2.75) is 26.8 Å². The van der Waals surface area contributed by atoms with Crippen LogP contribution >= 0.6 is 22.9 Å². The van der Waals surface area contributed by atoms with Gasteiger partial charge in [-0.15, -0.1) is 11.3 Å². The fraction of sp³-hybridized carbons (Fsp3) is 0.412. The van der Waals surface area contributed by atoms with Crippen LogP contribution in [0.4, 0.5) is 5.00 Å². The summed E-state index contributed by atoms with van der Waals surface area (Å²) < 4.78 is 6.59. The van der Waals surface area contributed by atoms with Crippen LogP contribution in [0.2, 0.25) is 5.02 Å². The minimum absolute atomic E-state index is 0.0793. The molecule has 0 aliphatic carbocycles. The minimum Gasteiger partial charge on any atom is -0.462 e. The van der Waals surface area contributed by atoms with Gasteiger partial charge in [0.2, 0.25) is 5.91 Å². The standard InChI is InChI=1S/C17H21ClN4O4S/c1-5-6-26-17(25)13-10(2)14(16(24)21(3)4)27-15(13)20-12(23)9-22-8-11(18)7-19-22/h7-8H,5-6,9H2,1-4H3,(H,20,23). The first-order valence-electron chi connectivity index (χ1n) is 8.24. The number of nitrogens with one attached hydrogen (secondary N) is 1. The molecule has 0 unspecified atom stereocenters. The number of esters is 1. The van der Waals surface area contributed by atoms with E-state index in [1.165, 1.54) is 22.0 Å². The first kappa shape index (κ1) is 20.9. The summed E-state index contributed by atoms with van der Waals surface area (Å²) in [4.78, 5) is 39.0. The van der Waals surface area contributed by atoms with Gasteiger partial charge in [0.05, 0.1) is 28.3 Å². The molecule has 2 rings (SSSR count). The molecule has 0 aromatic carbocycles. The van der Waals surface area contributed by atoms with Gasteiger partial charge in [-0.3, -0.25) is 14.3 Å². The van der Waals surface area contributed by atoms with Gasteiger partial charge in [0.25, 0.3) is 5.91 Å². The van der Waals surface area contributed by atoms with Crippen LogP contribution in [-0.4, -0.2) is 53.2 Å². The Kier molecular flexibility index (Phi) is 6.98. The van der Waals surface area contributed by atoms with Crippen molar-refractivity contribution >= 4 is 45.7 Å². The van der Waals surface area contributed by atoms with Crippen molar-refractivity contribution < 1.29 is 19.1 Å². The zero-order valence-electron chi connectivity index (χ0n) is 15.5. The Morgan fingerprint density at radius 1 is 1.37 bits per heavy atom. The topological polar surface area (TPSA) is 93.5 Å². The number of carbonyl (C=O) groups excluding carboxylic acids is 3. The van der Waals surface area contributed by atoms with Gasteiger partial charge in [-0.2, -0.15) is 5.10 Å². The molecule has 27 heavy (non-hydrogen) atoms. The van der Waals surface area contributed by atoms with E-state index in [1.54, 1.807) is 21.0 Å². The first-order chi connectivity index (χ1) is 12.7. The number of carbonyl (C=O) groups is 3. The highest BCUT2D eigenvalue weighted by molar-refractivity contribution is 7.18. The maximum absolute atomic E-state index is 12.5. The molecule has 8 nitrogen and oxygen atoms in total. The third-order valence-electron chi connectivity index (χ3n) is 3.55. The van der Waals surface area contributed by atoms with Crippen molar-refractivity contribution in [3.63, 3.8) is 0 Å². The van der Waals surface area contributed by atoms with Crippen molar-refractivity contribution in [1.82, 2.24) is 14.7 Å². The Hall–Kier alpha value is -2.39. The molecule has 0 aliphatic heterocycles. The summed E-state index contributed by atoms with van der Waals surface area (Å²) in [7, 11) is 3.24. The summed E-state index contributed by atoms with van der Waals surface area (Å²) in [6.45, 7) is 3.72. The Morgan fingerprint density at radius 3 is 2.63 bits per heavy atom. The number of hydrogen-bond donors (Lipinski definition) is 1. The second kappa shape index (κ2) is 9.01. The summed E-state index contributed by atoms with van der Waals surface area (Å²) in [5, 5.41) is 7.32. The SMILES string of the molecule is CCCOC(=O)c1c(NC(=O)Cn2cc(Cl)cn2)sc(C(=O)N(C)C)c1C. The van der Waals surface area contributed by atoms with Crippen molar-refractivity contribution in [2.24, 2.45) is 0 Å². The van der Waals surface area contributed by atoms with E-state index in [1.807, 2.05) is 6.92 Å². The van der Waals surface area contributed by atoms with Crippen molar-refractivity contribution in [3.05, 3.63) is 33.4 Å². The number of ether oxygens (including phenoxy) is 1. The largest absolute Gasteiger partial charge is 0.462 e. The Labute approximate surface area is 166 Å². The Balaban J connectivity index is 2.31. The van der Waals surface area contributed by atoms with E-state index in [9.17, 15) is 14.4 Å². The molecule has 0 radical (unpaired) electrons. The van der Waals surface area contributed by atoms with Crippen molar-refractivity contribution in [1.29, 1.82) is 0 Å². The quantitative estimate of drug-likeness (QED) is 0.706. The van der Waals surface area contributed by atoms with Crippen LogP contribution in [0.3, 0.4) is 0 Å². The number of amides is 2. The second-order valence-corrected chi connectivity index (χ2v) is 7.46. The summed E-state index contributed by atoms with van der Waals surface area (Å²) in [6, 6.07) is 0. The molecule has 0 saturated heterocycles. The van der Waals surface area contributed by atoms with Gasteiger partial charge in [0, 0.05) is 20.3 Å². The fourth-order valence-corrected chi connectivity index (χ4v) is 3.65. The van der Waals surface area contributed by atoms with Gasteiger partial charge < -0.3 is 15.0 Å². The molecule has 0 saturated carbocycles. The number of aromatic nitrogens is 2. The van der Waals surface area contributed by atoms with Crippen LogP contribution in [0.15, 0.2) is 12.4 Å². The highest BCUT2D eigenvalue weighted by atomic mass is 35.5. The molecule has 2 amide bonds. The average Bonchev–Trinajstić information content (AvgIpc) is 3.14. The van der Waals surface area contributed by atoms with E-state index in [2.05, 4.69) is 10.4 Å². The van der Waals surface area contributed by atoms with E-state index in [-0.39, 0.29) is 29.6 Å². The monoisotopic (exact) mass is 412 g/mol.